The molecule has 19 heavy (non-hydrogen) atoms. The summed E-state index contributed by atoms with van der Waals surface area (Å²) < 4.78 is 27.5. The largest absolute Gasteiger partial charge is 0.330 e. The van der Waals surface area contributed by atoms with Gasteiger partial charge in [0.2, 0.25) is 10.0 Å². The Kier molecular flexibility index (Phi) is 4.66. The molecular weight excluding hydrogens is 328 g/mol. The van der Waals surface area contributed by atoms with Crippen molar-refractivity contribution in [2.75, 3.05) is 19.6 Å². The second-order valence-electron chi connectivity index (χ2n) is 4.99. The lowest BCUT2D eigenvalue weighted by Gasteiger charge is -2.30. The van der Waals surface area contributed by atoms with Gasteiger partial charge in [-0.15, -0.1) is 0 Å². The van der Waals surface area contributed by atoms with Gasteiger partial charge in [-0.2, -0.15) is 4.31 Å². The highest BCUT2D eigenvalue weighted by Gasteiger charge is 2.28. The van der Waals surface area contributed by atoms with E-state index in [2.05, 4.69) is 15.9 Å². The van der Waals surface area contributed by atoms with Gasteiger partial charge in [0.05, 0.1) is 4.90 Å². The van der Waals surface area contributed by atoms with Gasteiger partial charge in [0, 0.05) is 17.6 Å². The van der Waals surface area contributed by atoms with Crippen LogP contribution in [0, 0.1) is 12.8 Å². The fraction of sp³-hybridized carbons (Fsp3) is 0.538. The van der Waals surface area contributed by atoms with E-state index in [1.54, 1.807) is 22.5 Å². The normalized spacial score (nSPS) is 18.7. The number of rotatable bonds is 3. The van der Waals surface area contributed by atoms with E-state index in [0.29, 0.717) is 30.4 Å². The van der Waals surface area contributed by atoms with Crippen molar-refractivity contribution in [1.29, 1.82) is 0 Å². The average Bonchev–Trinajstić information content (AvgIpc) is 2.41. The zero-order valence-corrected chi connectivity index (χ0v) is 13.4. The van der Waals surface area contributed by atoms with E-state index in [-0.39, 0.29) is 0 Å². The number of halogens is 1. The number of aryl methyl sites for hydroxylation is 1. The summed E-state index contributed by atoms with van der Waals surface area (Å²) >= 11 is 3.39. The van der Waals surface area contributed by atoms with Crippen LogP contribution in [-0.4, -0.2) is 32.4 Å². The van der Waals surface area contributed by atoms with Gasteiger partial charge in [0.15, 0.2) is 0 Å². The molecule has 1 aliphatic heterocycles. The fourth-order valence-electron chi connectivity index (χ4n) is 2.31. The van der Waals surface area contributed by atoms with Crippen LogP contribution in [0.1, 0.15) is 18.4 Å². The minimum absolute atomic E-state index is 0.374. The van der Waals surface area contributed by atoms with Crippen molar-refractivity contribution in [2.24, 2.45) is 11.7 Å². The van der Waals surface area contributed by atoms with E-state index >= 15 is 0 Å². The molecule has 0 bridgehead atoms. The first-order chi connectivity index (χ1) is 8.95. The number of sulfonamides is 1. The summed E-state index contributed by atoms with van der Waals surface area (Å²) in [6.07, 6.45) is 1.70. The van der Waals surface area contributed by atoms with Crippen LogP contribution in [0.4, 0.5) is 0 Å². The number of nitrogens with zero attached hydrogens (tertiary/aromatic N) is 1. The van der Waals surface area contributed by atoms with Crippen LogP contribution in [0.3, 0.4) is 0 Å². The highest BCUT2D eigenvalue weighted by atomic mass is 79.9. The van der Waals surface area contributed by atoms with Crippen LogP contribution in [0.15, 0.2) is 27.6 Å². The lowest BCUT2D eigenvalue weighted by Crippen LogP contribution is -2.40. The molecule has 106 valence electrons. The van der Waals surface area contributed by atoms with Gasteiger partial charge in [-0.05, 0) is 56.0 Å². The second kappa shape index (κ2) is 5.91. The van der Waals surface area contributed by atoms with E-state index in [1.165, 1.54) is 0 Å². The van der Waals surface area contributed by atoms with Gasteiger partial charge in [-0.3, -0.25) is 0 Å². The molecule has 0 radical (unpaired) electrons. The molecule has 2 rings (SSSR count). The summed E-state index contributed by atoms with van der Waals surface area (Å²) in [6.45, 7) is 3.67. The summed E-state index contributed by atoms with van der Waals surface area (Å²) in [6, 6.07) is 5.16. The third-order valence-corrected chi connectivity index (χ3v) is 6.46. The van der Waals surface area contributed by atoms with Gasteiger partial charge in [0.25, 0.3) is 0 Å². The Hall–Kier alpha value is -0.430. The molecule has 1 aromatic rings. The fourth-order valence-corrected chi connectivity index (χ4v) is 4.11. The molecule has 1 heterocycles. The summed E-state index contributed by atoms with van der Waals surface area (Å²) in [5.41, 5.74) is 6.56. The topological polar surface area (TPSA) is 63.4 Å². The first-order valence-electron chi connectivity index (χ1n) is 6.41. The van der Waals surface area contributed by atoms with Crippen molar-refractivity contribution in [3.05, 3.63) is 28.2 Å². The maximum absolute atomic E-state index is 12.5. The first kappa shape index (κ1) is 15.0. The Morgan fingerprint density at radius 3 is 2.53 bits per heavy atom. The molecule has 0 atom stereocenters. The van der Waals surface area contributed by atoms with Crippen molar-refractivity contribution >= 4 is 26.0 Å². The van der Waals surface area contributed by atoms with E-state index in [1.807, 2.05) is 6.92 Å². The standard InChI is InChI=1S/C13H19BrN2O2S/c1-10-8-12(2-3-13(10)14)19(17,18)16-6-4-11(9-15)5-7-16/h2-3,8,11H,4-7,9,15H2,1H3. The molecule has 1 aliphatic rings. The van der Waals surface area contributed by atoms with Crippen molar-refractivity contribution in [2.45, 2.75) is 24.7 Å². The summed E-state index contributed by atoms with van der Waals surface area (Å²) in [5.74, 6) is 0.457. The van der Waals surface area contributed by atoms with Crippen LogP contribution >= 0.6 is 15.9 Å². The Bertz CT molecular complexity index is 552. The smallest absolute Gasteiger partial charge is 0.243 e. The Balaban J connectivity index is 2.21. The molecule has 2 N–H and O–H groups in total. The summed E-state index contributed by atoms with van der Waals surface area (Å²) in [7, 11) is -3.36. The lowest BCUT2D eigenvalue weighted by molar-refractivity contribution is 0.278. The third-order valence-electron chi connectivity index (χ3n) is 3.67. The van der Waals surface area contributed by atoms with Gasteiger partial charge in [0.1, 0.15) is 0 Å². The minimum atomic E-state index is -3.36. The van der Waals surface area contributed by atoms with Gasteiger partial charge < -0.3 is 5.73 Å². The van der Waals surface area contributed by atoms with Crippen LogP contribution in [0.25, 0.3) is 0 Å². The van der Waals surface area contributed by atoms with Crippen molar-refractivity contribution < 1.29 is 8.42 Å². The zero-order chi connectivity index (χ0) is 14.0. The number of hydrogen-bond acceptors (Lipinski definition) is 3. The van der Waals surface area contributed by atoms with Crippen molar-refractivity contribution in [3.63, 3.8) is 0 Å². The quantitative estimate of drug-likeness (QED) is 0.911. The SMILES string of the molecule is Cc1cc(S(=O)(=O)N2CCC(CN)CC2)ccc1Br. The minimum Gasteiger partial charge on any atom is -0.330 e. The van der Waals surface area contributed by atoms with Gasteiger partial charge in [-0.1, -0.05) is 15.9 Å². The van der Waals surface area contributed by atoms with Gasteiger partial charge >= 0.3 is 0 Å². The molecule has 1 fully saturated rings. The molecule has 0 amide bonds. The number of nitrogens with two attached hydrogens (primary N) is 1. The third kappa shape index (κ3) is 3.18. The van der Waals surface area contributed by atoms with E-state index < -0.39 is 10.0 Å². The summed E-state index contributed by atoms with van der Waals surface area (Å²) in [4.78, 5) is 0.374. The molecule has 0 saturated carbocycles. The summed E-state index contributed by atoms with van der Waals surface area (Å²) in [5, 5.41) is 0. The second-order valence-corrected chi connectivity index (χ2v) is 7.79. The van der Waals surface area contributed by atoms with Crippen LogP contribution in [0.5, 0.6) is 0 Å². The Morgan fingerprint density at radius 2 is 2.00 bits per heavy atom. The Morgan fingerprint density at radius 1 is 1.37 bits per heavy atom. The van der Waals surface area contributed by atoms with Crippen LogP contribution in [-0.2, 0) is 10.0 Å². The molecule has 1 aromatic carbocycles. The molecule has 0 aliphatic carbocycles. The maximum Gasteiger partial charge on any atom is 0.243 e. The molecule has 0 unspecified atom stereocenters. The number of piperidine rings is 1. The van der Waals surface area contributed by atoms with E-state index in [9.17, 15) is 8.42 Å². The highest BCUT2D eigenvalue weighted by molar-refractivity contribution is 9.10. The maximum atomic E-state index is 12.5. The lowest BCUT2D eigenvalue weighted by atomic mass is 9.99. The predicted molar refractivity (Wildman–Crippen MR) is 79.4 cm³/mol. The van der Waals surface area contributed by atoms with Crippen molar-refractivity contribution in [3.8, 4) is 0 Å². The van der Waals surface area contributed by atoms with Crippen LogP contribution in [0.2, 0.25) is 0 Å². The molecule has 0 spiro atoms. The van der Waals surface area contributed by atoms with Crippen LogP contribution < -0.4 is 5.73 Å². The molecule has 1 saturated heterocycles. The van der Waals surface area contributed by atoms with Crippen molar-refractivity contribution in [1.82, 2.24) is 4.31 Å². The number of hydrogen-bond donors (Lipinski definition) is 1. The average molecular weight is 347 g/mol. The predicted octanol–water partition coefficient (Wildman–Crippen LogP) is 2.12. The number of benzene rings is 1. The molecule has 6 heteroatoms. The monoisotopic (exact) mass is 346 g/mol. The molecule has 4 nitrogen and oxygen atoms in total. The van der Waals surface area contributed by atoms with E-state index in [4.69, 9.17) is 5.73 Å². The van der Waals surface area contributed by atoms with Gasteiger partial charge in [-0.25, -0.2) is 8.42 Å². The zero-order valence-electron chi connectivity index (χ0n) is 11.0. The van der Waals surface area contributed by atoms with E-state index in [0.717, 1.165) is 22.9 Å². The Labute approximate surface area is 123 Å². The highest BCUT2D eigenvalue weighted by Crippen LogP contribution is 2.26. The molecule has 0 aromatic heterocycles. The first-order valence-corrected chi connectivity index (χ1v) is 8.65. The molecular formula is C13H19BrN2O2S.